The van der Waals surface area contributed by atoms with Crippen LogP contribution in [0.5, 0.6) is 0 Å². The molecule has 20 heavy (non-hydrogen) atoms. The van der Waals surface area contributed by atoms with E-state index in [1.165, 1.54) is 0 Å². The zero-order chi connectivity index (χ0) is 15.2. The Morgan fingerprint density at radius 3 is 2.20 bits per heavy atom. The van der Waals surface area contributed by atoms with Crippen molar-refractivity contribution in [2.45, 2.75) is 32.4 Å². The number of carbonyl (C=O) groups is 2. The third-order valence-electron chi connectivity index (χ3n) is 2.62. The van der Waals surface area contributed by atoms with Crippen LogP contribution in [-0.4, -0.2) is 18.4 Å². The van der Waals surface area contributed by atoms with Crippen LogP contribution in [0.15, 0.2) is 24.3 Å². The minimum atomic E-state index is -4.41. The third kappa shape index (κ3) is 5.03. The summed E-state index contributed by atoms with van der Waals surface area (Å²) in [6.45, 7) is 1.97. The Labute approximate surface area is 114 Å². The first kappa shape index (κ1) is 16.2. The maximum atomic E-state index is 12.3. The summed E-state index contributed by atoms with van der Waals surface area (Å²) >= 11 is 0. The molecule has 0 heterocycles. The molecule has 0 fully saturated rings. The van der Waals surface area contributed by atoms with Crippen LogP contribution in [0.3, 0.4) is 0 Å². The van der Waals surface area contributed by atoms with Gasteiger partial charge in [0.1, 0.15) is 0 Å². The van der Waals surface area contributed by atoms with Crippen molar-refractivity contribution >= 4 is 11.8 Å². The molecule has 0 amide bonds. The van der Waals surface area contributed by atoms with Crippen molar-refractivity contribution in [3.05, 3.63) is 35.4 Å². The van der Waals surface area contributed by atoms with E-state index in [1.807, 2.05) is 0 Å². The Balaban J connectivity index is 2.50. The lowest BCUT2D eigenvalue weighted by Crippen LogP contribution is -2.07. The molecule has 0 saturated heterocycles. The lowest BCUT2D eigenvalue weighted by atomic mass is 10.0. The van der Waals surface area contributed by atoms with Gasteiger partial charge >= 0.3 is 12.1 Å². The normalized spacial score (nSPS) is 11.2. The first-order valence-electron chi connectivity index (χ1n) is 6.20. The summed E-state index contributed by atoms with van der Waals surface area (Å²) in [5, 5.41) is 0. The van der Waals surface area contributed by atoms with E-state index in [4.69, 9.17) is 4.74 Å². The number of alkyl halides is 3. The van der Waals surface area contributed by atoms with Crippen molar-refractivity contribution in [1.29, 1.82) is 0 Å². The topological polar surface area (TPSA) is 43.4 Å². The average molecular weight is 288 g/mol. The maximum absolute atomic E-state index is 12.3. The van der Waals surface area contributed by atoms with E-state index < -0.39 is 11.7 Å². The molecular weight excluding hydrogens is 273 g/mol. The number of benzene rings is 1. The van der Waals surface area contributed by atoms with E-state index >= 15 is 0 Å². The molecule has 110 valence electrons. The van der Waals surface area contributed by atoms with Gasteiger partial charge in [0.2, 0.25) is 0 Å². The number of rotatable bonds is 6. The number of ketones is 1. The van der Waals surface area contributed by atoms with Crippen LogP contribution in [0.4, 0.5) is 13.2 Å². The van der Waals surface area contributed by atoms with Crippen LogP contribution in [0.1, 0.15) is 42.1 Å². The first-order valence-corrected chi connectivity index (χ1v) is 6.20. The Hall–Kier alpha value is -1.85. The third-order valence-corrected chi connectivity index (χ3v) is 2.62. The fourth-order valence-electron chi connectivity index (χ4n) is 1.62. The largest absolute Gasteiger partial charge is 0.466 e. The predicted molar refractivity (Wildman–Crippen MR) is 66.3 cm³/mol. The zero-order valence-electron chi connectivity index (χ0n) is 11.0. The van der Waals surface area contributed by atoms with Gasteiger partial charge in [-0.05, 0) is 25.5 Å². The van der Waals surface area contributed by atoms with Gasteiger partial charge in [0.05, 0.1) is 12.2 Å². The van der Waals surface area contributed by atoms with E-state index in [1.54, 1.807) is 6.92 Å². The standard InChI is InChI=1S/C14H15F3O3/c1-2-20-13(19)5-3-4-12(18)10-6-8-11(9-7-10)14(15,16)17/h6-9H,2-5H2,1H3. The molecule has 0 unspecified atom stereocenters. The first-order chi connectivity index (χ1) is 9.34. The average Bonchev–Trinajstić information content (AvgIpc) is 2.38. The lowest BCUT2D eigenvalue weighted by Gasteiger charge is -2.07. The molecule has 6 heteroatoms. The minimum absolute atomic E-state index is 0.101. The molecule has 0 spiro atoms. The summed E-state index contributed by atoms with van der Waals surface area (Å²) in [6.07, 6.45) is -3.87. The van der Waals surface area contributed by atoms with Gasteiger partial charge in [-0.2, -0.15) is 13.2 Å². The highest BCUT2D eigenvalue weighted by atomic mass is 19.4. The molecule has 0 saturated carbocycles. The van der Waals surface area contributed by atoms with Crippen molar-refractivity contribution in [3.8, 4) is 0 Å². The van der Waals surface area contributed by atoms with Crippen LogP contribution >= 0.6 is 0 Å². The molecule has 0 aromatic heterocycles. The Morgan fingerprint density at radius 2 is 1.70 bits per heavy atom. The molecule has 0 aliphatic carbocycles. The molecule has 0 radical (unpaired) electrons. The predicted octanol–water partition coefficient (Wildman–Crippen LogP) is 3.62. The maximum Gasteiger partial charge on any atom is 0.416 e. The summed E-state index contributed by atoms with van der Waals surface area (Å²) in [5.74, 6) is -0.671. The Morgan fingerprint density at radius 1 is 1.10 bits per heavy atom. The molecule has 3 nitrogen and oxygen atoms in total. The number of ether oxygens (including phenoxy) is 1. The van der Waals surface area contributed by atoms with Gasteiger partial charge in [0.15, 0.2) is 5.78 Å². The molecule has 0 aliphatic heterocycles. The molecule has 1 aromatic rings. The smallest absolute Gasteiger partial charge is 0.416 e. The van der Waals surface area contributed by atoms with Crippen molar-refractivity contribution in [3.63, 3.8) is 0 Å². The highest BCUT2D eigenvalue weighted by Gasteiger charge is 2.30. The highest BCUT2D eigenvalue weighted by Crippen LogP contribution is 2.29. The van der Waals surface area contributed by atoms with Gasteiger partial charge in [-0.25, -0.2) is 0 Å². The van der Waals surface area contributed by atoms with Crippen LogP contribution in [0.25, 0.3) is 0 Å². The van der Waals surface area contributed by atoms with Crippen molar-refractivity contribution < 1.29 is 27.5 Å². The fraction of sp³-hybridized carbons (Fsp3) is 0.429. The van der Waals surface area contributed by atoms with Gasteiger partial charge in [0.25, 0.3) is 0 Å². The highest BCUT2D eigenvalue weighted by molar-refractivity contribution is 5.96. The molecule has 1 rings (SSSR count). The number of esters is 1. The van der Waals surface area contributed by atoms with Crippen LogP contribution in [0.2, 0.25) is 0 Å². The van der Waals surface area contributed by atoms with Crippen LogP contribution < -0.4 is 0 Å². The number of carbonyl (C=O) groups excluding carboxylic acids is 2. The van der Waals surface area contributed by atoms with Crippen LogP contribution in [-0.2, 0) is 15.7 Å². The second-order valence-corrected chi connectivity index (χ2v) is 4.16. The number of halogens is 3. The van der Waals surface area contributed by atoms with Crippen molar-refractivity contribution in [1.82, 2.24) is 0 Å². The summed E-state index contributed by atoms with van der Waals surface area (Å²) < 4.78 is 41.8. The van der Waals surface area contributed by atoms with Gasteiger partial charge in [0, 0.05) is 18.4 Å². The molecule has 0 aliphatic rings. The number of hydrogen-bond donors (Lipinski definition) is 0. The molecule has 0 N–H and O–H groups in total. The second kappa shape index (κ2) is 7.07. The molecular formula is C14H15F3O3. The van der Waals surface area contributed by atoms with Gasteiger partial charge < -0.3 is 4.74 Å². The number of Topliss-reactive ketones (excluding diaryl/α,β-unsaturated/α-hetero) is 1. The van der Waals surface area contributed by atoms with E-state index in [2.05, 4.69) is 0 Å². The van der Waals surface area contributed by atoms with Gasteiger partial charge in [-0.3, -0.25) is 9.59 Å². The summed E-state index contributed by atoms with van der Waals surface area (Å²) in [5.41, 5.74) is -0.581. The van der Waals surface area contributed by atoms with E-state index in [0.717, 1.165) is 24.3 Å². The van der Waals surface area contributed by atoms with E-state index in [9.17, 15) is 22.8 Å². The lowest BCUT2D eigenvalue weighted by molar-refractivity contribution is -0.143. The molecule has 0 atom stereocenters. The van der Waals surface area contributed by atoms with Gasteiger partial charge in [-0.1, -0.05) is 12.1 Å². The number of hydrogen-bond acceptors (Lipinski definition) is 3. The van der Waals surface area contributed by atoms with Crippen molar-refractivity contribution in [2.75, 3.05) is 6.61 Å². The summed E-state index contributed by atoms with van der Waals surface area (Å²) in [7, 11) is 0. The van der Waals surface area contributed by atoms with E-state index in [-0.39, 0.29) is 36.8 Å². The van der Waals surface area contributed by atoms with Gasteiger partial charge in [-0.15, -0.1) is 0 Å². The minimum Gasteiger partial charge on any atom is -0.466 e. The SMILES string of the molecule is CCOC(=O)CCCC(=O)c1ccc(C(F)(F)F)cc1. The second-order valence-electron chi connectivity index (χ2n) is 4.16. The van der Waals surface area contributed by atoms with Crippen molar-refractivity contribution in [2.24, 2.45) is 0 Å². The molecule has 1 aromatic carbocycles. The van der Waals surface area contributed by atoms with E-state index in [0.29, 0.717) is 6.42 Å². The summed E-state index contributed by atoms with van der Waals surface area (Å²) in [4.78, 5) is 22.8. The fourth-order valence-corrected chi connectivity index (χ4v) is 1.62. The molecule has 0 bridgehead atoms. The Bertz CT molecular complexity index is 464. The van der Waals surface area contributed by atoms with Crippen LogP contribution in [0, 0.1) is 0 Å². The summed E-state index contributed by atoms with van der Waals surface area (Å²) in [6, 6.07) is 4.04. The monoisotopic (exact) mass is 288 g/mol. The quantitative estimate of drug-likeness (QED) is 0.593. The zero-order valence-corrected chi connectivity index (χ0v) is 11.0. The Kier molecular flexibility index (Phi) is 5.73.